The van der Waals surface area contributed by atoms with Crippen molar-refractivity contribution in [1.82, 2.24) is 14.7 Å². The molecule has 0 radical (unpaired) electrons. The molecule has 5 heteroatoms. The number of aliphatic hydroxyl groups excluding tert-OH is 1. The highest BCUT2D eigenvalue weighted by atomic mass is 16.5. The summed E-state index contributed by atoms with van der Waals surface area (Å²) >= 11 is 0. The lowest BCUT2D eigenvalue weighted by Gasteiger charge is -2.14. The fourth-order valence-corrected chi connectivity index (χ4v) is 2.76. The zero-order valence-electron chi connectivity index (χ0n) is 14.9. The van der Waals surface area contributed by atoms with E-state index in [1.165, 1.54) is 5.56 Å². The molecule has 5 nitrogen and oxygen atoms in total. The number of pyridine rings is 1. The molecule has 2 heterocycles. The number of aromatic nitrogens is 2. The fourth-order valence-electron chi connectivity index (χ4n) is 2.76. The van der Waals surface area contributed by atoms with E-state index in [2.05, 4.69) is 33.9 Å². The Balaban J connectivity index is 1.56. The molecule has 1 atom stereocenters. The Morgan fingerprint density at radius 2 is 1.92 bits per heavy atom. The van der Waals surface area contributed by atoms with Crippen LogP contribution in [0.3, 0.4) is 0 Å². The normalized spacial score (nSPS) is 12.7. The van der Waals surface area contributed by atoms with Crippen molar-refractivity contribution in [3.63, 3.8) is 0 Å². The van der Waals surface area contributed by atoms with Crippen LogP contribution in [-0.2, 0) is 6.54 Å². The summed E-state index contributed by atoms with van der Waals surface area (Å²) in [4.78, 5) is 4.40. The van der Waals surface area contributed by atoms with Crippen LogP contribution in [0.1, 0.15) is 36.8 Å². The van der Waals surface area contributed by atoms with Crippen LogP contribution in [0.15, 0.2) is 48.8 Å². The molecule has 1 unspecified atom stereocenters. The van der Waals surface area contributed by atoms with Crippen molar-refractivity contribution < 1.29 is 9.84 Å². The highest BCUT2D eigenvalue weighted by Gasteiger charge is 2.09. The number of aliphatic hydroxyl groups is 1. The molecule has 3 aromatic rings. The number of aryl methyl sites for hydroxylation is 1. The van der Waals surface area contributed by atoms with E-state index in [0.29, 0.717) is 13.1 Å². The second kappa shape index (κ2) is 7.68. The lowest BCUT2D eigenvalue weighted by atomic mass is 10.1. The first-order chi connectivity index (χ1) is 12.0. The minimum atomic E-state index is -0.561. The van der Waals surface area contributed by atoms with E-state index in [0.717, 1.165) is 22.7 Å². The van der Waals surface area contributed by atoms with Crippen molar-refractivity contribution in [2.45, 2.75) is 39.5 Å². The summed E-state index contributed by atoms with van der Waals surface area (Å²) in [5.74, 6) is 0.819. The third kappa shape index (κ3) is 4.38. The standard InChI is InChI=1S/C20H25N3O2/c1-14(2)25-18-7-5-16(6-8-18)19(24)12-21-10-17-11-22-20-9-4-15(3)13-23(17)20/h4-9,11,13-14,19,21,24H,10,12H2,1-3H3. The van der Waals surface area contributed by atoms with Crippen LogP contribution in [0.25, 0.3) is 5.65 Å². The average Bonchev–Trinajstić information content (AvgIpc) is 2.97. The first-order valence-electron chi connectivity index (χ1n) is 8.61. The Labute approximate surface area is 148 Å². The maximum atomic E-state index is 10.4. The highest BCUT2D eigenvalue weighted by molar-refractivity contribution is 5.41. The number of imidazole rings is 1. The van der Waals surface area contributed by atoms with E-state index >= 15 is 0 Å². The van der Waals surface area contributed by atoms with Gasteiger partial charge in [0.1, 0.15) is 11.4 Å². The van der Waals surface area contributed by atoms with Crippen LogP contribution < -0.4 is 10.1 Å². The van der Waals surface area contributed by atoms with Gasteiger partial charge in [0.2, 0.25) is 0 Å². The van der Waals surface area contributed by atoms with E-state index in [-0.39, 0.29) is 6.10 Å². The summed E-state index contributed by atoms with van der Waals surface area (Å²) < 4.78 is 7.70. The van der Waals surface area contributed by atoms with Gasteiger partial charge in [0.05, 0.1) is 24.1 Å². The molecule has 0 aliphatic carbocycles. The Morgan fingerprint density at radius 3 is 2.64 bits per heavy atom. The molecule has 2 aromatic heterocycles. The average molecular weight is 339 g/mol. The van der Waals surface area contributed by atoms with E-state index in [1.807, 2.05) is 50.4 Å². The molecule has 0 aliphatic heterocycles. The predicted octanol–water partition coefficient (Wildman–Crippen LogP) is 3.25. The smallest absolute Gasteiger partial charge is 0.136 e. The zero-order valence-corrected chi connectivity index (χ0v) is 14.9. The van der Waals surface area contributed by atoms with Gasteiger partial charge < -0.3 is 19.6 Å². The Morgan fingerprint density at radius 1 is 1.16 bits per heavy atom. The van der Waals surface area contributed by atoms with Gasteiger partial charge in [0.25, 0.3) is 0 Å². The van der Waals surface area contributed by atoms with Gasteiger partial charge in [0.15, 0.2) is 0 Å². The van der Waals surface area contributed by atoms with E-state index in [9.17, 15) is 5.11 Å². The first kappa shape index (κ1) is 17.5. The Bertz CT molecular complexity index is 825. The van der Waals surface area contributed by atoms with Crippen LogP contribution in [0.2, 0.25) is 0 Å². The summed E-state index contributed by atoms with van der Waals surface area (Å²) in [6.45, 7) is 7.18. The van der Waals surface area contributed by atoms with Crippen LogP contribution in [0, 0.1) is 6.92 Å². The number of ether oxygens (including phenoxy) is 1. The van der Waals surface area contributed by atoms with E-state index in [1.54, 1.807) is 0 Å². The predicted molar refractivity (Wildman–Crippen MR) is 98.8 cm³/mol. The number of nitrogens with one attached hydrogen (secondary N) is 1. The molecule has 0 spiro atoms. The number of hydrogen-bond donors (Lipinski definition) is 2. The summed E-state index contributed by atoms with van der Waals surface area (Å²) in [6.07, 6.45) is 3.52. The van der Waals surface area contributed by atoms with Gasteiger partial charge >= 0.3 is 0 Å². The fraction of sp³-hybridized carbons (Fsp3) is 0.350. The minimum Gasteiger partial charge on any atom is -0.491 e. The van der Waals surface area contributed by atoms with Gasteiger partial charge in [0, 0.05) is 19.3 Å². The largest absolute Gasteiger partial charge is 0.491 e. The maximum Gasteiger partial charge on any atom is 0.136 e. The molecule has 3 rings (SSSR count). The number of fused-ring (bicyclic) bond motifs is 1. The molecule has 0 amide bonds. The number of benzene rings is 1. The van der Waals surface area contributed by atoms with Gasteiger partial charge in [-0.2, -0.15) is 0 Å². The summed E-state index contributed by atoms with van der Waals surface area (Å²) in [7, 11) is 0. The van der Waals surface area contributed by atoms with Gasteiger partial charge in [-0.15, -0.1) is 0 Å². The van der Waals surface area contributed by atoms with E-state index < -0.39 is 6.10 Å². The molecule has 0 saturated heterocycles. The van der Waals surface area contributed by atoms with Crippen molar-refractivity contribution in [2.75, 3.05) is 6.54 Å². The first-order valence-corrected chi connectivity index (χ1v) is 8.61. The Kier molecular flexibility index (Phi) is 5.36. The van der Waals surface area contributed by atoms with Gasteiger partial charge in [-0.05, 0) is 50.1 Å². The SMILES string of the molecule is Cc1ccc2ncc(CNCC(O)c3ccc(OC(C)C)cc3)n2c1. The molecule has 0 aliphatic rings. The summed E-state index contributed by atoms with van der Waals surface area (Å²) in [6, 6.07) is 11.7. The second-order valence-electron chi connectivity index (χ2n) is 6.57. The monoisotopic (exact) mass is 339 g/mol. The third-order valence-electron chi connectivity index (χ3n) is 4.01. The molecule has 25 heavy (non-hydrogen) atoms. The molecular formula is C20H25N3O2. The Hall–Kier alpha value is -2.37. The zero-order chi connectivity index (χ0) is 17.8. The number of hydrogen-bond acceptors (Lipinski definition) is 4. The number of nitrogens with zero attached hydrogens (tertiary/aromatic N) is 2. The van der Waals surface area contributed by atoms with Crippen LogP contribution >= 0.6 is 0 Å². The third-order valence-corrected chi connectivity index (χ3v) is 4.01. The molecular weight excluding hydrogens is 314 g/mol. The van der Waals surface area contributed by atoms with Crippen LogP contribution in [0.4, 0.5) is 0 Å². The van der Waals surface area contributed by atoms with Crippen LogP contribution in [0.5, 0.6) is 5.75 Å². The lowest BCUT2D eigenvalue weighted by Crippen LogP contribution is -2.21. The van der Waals surface area contributed by atoms with Crippen molar-refractivity contribution in [2.24, 2.45) is 0 Å². The van der Waals surface area contributed by atoms with E-state index in [4.69, 9.17) is 4.74 Å². The van der Waals surface area contributed by atoms with Crippen molar-refractivity contribution in [1.29, 1.82) is 0 Å². The van der Waals surface area contributed by atoms with Crippen molar-refractivity contribution in [3.8, 4) is 5.75 Å². The van der Waals surface area contributed by atoms with Gasteiger partial charge in [-0.1, -0.05) is 18.2 Å². The summed E-state index contributed by atoms with van der Waals surface area (Å²) in [5, 5.41) is 13.7. The topological polar surface area (TPSA) is 58.8 Å². The molecule has 2 N–H and O–H groups in total. The van der Waals surface area contributed by atoms with Gasteiger partial charge in [-0.25, -0.2) is 4.98 Å². The summed E-state index contributed by atoms with van der Waals surface area (Å²) in [5.41, 5.74) is 4.07. The highest BCUT2D eigenvalue weighted by Crippen LogP contribution is 2.18. The molecule has 0 fully saturated rings. The second-order valence-corrected chi connectivity index (χ2v) is 6.57. The minimum absolute atomic E-state index is 0.145. The molecule has 0 bridgehead atoms. The van der Waals surface area contributed by atoms with Crippen molar-refractivity contribution >= 4 is 5.65 Å². The molecule has 1 aromatic carbocycles. The quantitative estimate of drug-likeness (QED) is 0.694. The molecule has 0 saturated carbocycles. The number of rotatable bonds is 7. The lowest BCUT2D eigenvalue weighted by molar-refractivity contribution is 0.174. The maximum absolute atomic E-state index is 10.4. The molecule has 132 valence electrons. The van der Waals surface area contributed by atoms with Crippen LogP contribution in [-0.4, -0.2) is 27.1 Å². The van der Waals surface area contributed by atoms with Gasteiger partial charge in [-0.3, -0.25) is 0 Å². The van der Waals surface area contributed by atoms with Crippen molar-refractivity contribution in [3.05, 3.63) is 65.6 Å².